The fraction of sp³-hybridized carbons (Fsp3) is 0.435. The number of hydrogen-bond acceptors (Lipinski definition) is 3. The van der Waals surface area contributed by atoms with Crippen molar-refractivity contribution in [1.82, 2.24) is 14.3 Å². The van der Waals surface area contributed by atoms with Crippen LogP contribution in [0.1, 0.15) is 49.6 Å². The molecular formula is C23H29N3O. The van der Waals surface area contributed by atoms with Gasteiger partial charge in [-0.15, -0.1) is 0 Å². The molecule has 0 radical (unpaired) electrons. The number of aryl methyl sites for hydroxylation is 1. The molecule has 0 N–H and O–H groups in total. The Balaban J connectivity index is 1.35. The van der Waals surface area contributed by atoms with Gasteiger partial charge in [0.05, 0.1) is 23.0 Å². The van der Waals surface area contributed by atoms with Crippen molar-refractivity contribution in [1.29, 1.82) is 0 Å². The molecule has 0 bridgehead atoms. The summed E-state index contributed by atoms with van der Waals surface area (Å²) in [6.45, 7) is 9.49. The van der Waals surface area contributed by atoms with Crippen LogP contribution in [0.15, 0.2) is 48.8 Å². The fourth-order valence-electron chi connectivity index (χ4n) is 4.02. The predicted molar refractivity (Wildman–Crippen MR) is 109 cm³/mol. The van der Waals surface area contributed by atoms with E-state index in [1.54, 1.807) is 0 Å². The van der Waals surface area contributed by atoms with Gasteiger partial charge in [0.2, 0.25) is 0 Å². The average molecular weight is 364 g/mol. The van der Waals surface area contributed by atoms with Gasteiger partial charge >= 0.3 is 0 Å². The highest BCUT2D eigenvalue weighted by atomic mass is 16.5. The Labute approximate surface area is 161 Å². The van der Waals surface area contributed by atoms with Gasteiger partial charge in [-0.2, -0.15) is 0 Å². The summed E-state index contributed by atoms with van der Waals surface area (Å²) in [6.07, 6.45) is 6.91. The van der Waals surface area contributed by atoms with Crippen LogP contribution in [-0.2, 0) is 6.54 Å². The maximum absolute atomic E-state index is 5.73. The molecule has 27 heavy (non-hydrogen) atoms. The quantitative estimate of drug-likeness (QED) is 0.651. The summed E-state index contributed by atoms with van der Waals surface area (Å²) in [5, 5.41) is 0. The maximum Gasteiger partial charge on any atom is 0.119 e. The molecule has 142 valence electrons. The highest BCUT2D eigenvalue weighted by molar-refractivity contribution is 5.52. The van der Waals surface area contributed by atoms with Crippen molar-refractivity contribution in [2.24, 2.45) is 0 Å². The van der Waals surface area contributed by atoms with E-state index in [1.165, 1.54) is 29.6 Å². The number of benzene rings is 1. The zero-order valence-electron chi connectivity index (χ0n) is 16.6. The van der Waals surface area contributed by atoms with Gasteiger partial charge in [0.25, 0.3) is 0 Å². The number of nitrogens with zero attached hydrogens (tertiary/aromatic N) is 3. The van der Waals surface area contributed by atoms with E-state index in [0.717, 1.165) is 31.1 Å². The molecular weight excluding hydrogens is 334 g/mol. The lowest BCUT2D eigenvalue weighted by molar-refractivity contribution is 0.203. The molecule has 1 aromatic carbocycles. The Kier molecular flexibility index (Phi) is 5.17. The smallest absolute Gasteiger partial charge is 0.119 e. The van der Waals surface area contributed by atoms with Crippen LogP contribution in [0.25, 0.3) is 5.52 Å². The predicted octanol–water partition coefficient (Wildman–Crippen LogP) is 4.81. The lowest BCUT2D eigenvalue weighted by Crippen LogP contribution is -2.32. The standard InChI is InChI=1S/C23H29N3O/c1-17(2)27-21-8-6-19(7-9-21)15-25-13-10-20(11-14-25)22-16-26-12-4-5-23(26)18(3)24-22/h4-9,12,16-17,20H,10-11,13-15H2,1-3H3. The van der Waals surface area contributed by atoms with Gasteiger partial charge < -0.3 is 9.14 Å². The Bertz CT molecular complexity index is 890. The van der Waals surface area contributed by atoms with E-state index in [1.807, 2.05) is 0 Å². The summed E-state index contributed by atoms with van der Waals surface area (Å²) in [5.41, 5.74) is 4.93. The summed E-state index contributed by atoms with van der Waals surface area (Å²) in [5.74, 6) is 1.52. The minimum absolute atomic E-state index is 0.220. The largest absolute Gasteiger partial charge is 0.491 e. The van der Waals surface area contributed by atoms with Crippen molar-refractivity contribution in [2.45, 2.75) is 52.2 Å². The zero-order valence-corrected chi connectivity index (χ0v) is 16.6. The van der Waals surface area contributed by atoms with Crippen LogP contribution >= 0.6 is 0 Å². The first-order chi connectivity index (χ1) is 13.1. The van der Waals surface area contributed by atoms with Crippen molar-refractivity contribution in [2.75, 3.05) is 13.1 Å². The summed E-state index contributed by atoms with van der Waals surface area (Å²) >= 11 is 0. The molecule has 3 aromatic rings. The van der Waals surface area contributed by atoms with Gasteiger partial charge in [0, 0.05) is 24.9 Å². The molecule has 0 unspecified atom stereocenters. The molecule has 2 aromatic heterocycles. The molecule has 1 fully saturated rings. The van der Waals surface area contributed by atoms with Gasteiger partial charge in [0.15, 0.2) is 0 Å². The van der Waals surface area contributed by atoms with Crippen LogP contribution in [0.4, 0.5) is 0 Å². The highest BCUT2D eigenvalue weighted by Gasteiger charge is 2.22. The summed E-state index contributed by atoms with van der Waals surface area (Å²) in [6, 6.07) is 12.8. The second-order valence-electron chi connectivity index (χ2n) is 7.91. The van der Waals surface area contributed by atoms with E-state index in [2.05, 4.69) is 78.9 Å². The van der Waals surface area contributed by atoms with E-state index in [0.29, 0.717) is 5.92 Å². The third-order valence-corrected chi connectivity index (χ3v) is 5.42. The summed E-state index contributed by atoms with van der Waals surface area (Å²) in [4.78, 5) is 7.44. The monoisotopic (exact) mass is 363 g/mol. The van der Waals surface area contributed by atoms with Crippen LogP contribution in [0.2, 0.25) is 0 Å². The lowest BCUT2D eigenvalue weighted by Gasteiger charge is -2.32. The minimum Gasteiger partial charge on any atom is -0.491 e. The Hall–Kier alpha value is -2.33. The molecule has 0 amide bonds. The van der Waals surface area contributed by atoms with Gasteiger partial charge in [0.1, 0.15) is 5.75 Å². The van der Waals surface area contributed by atoms with Gasteiger partial charge in [-0.05, 0) is 76.5 Å². The average Bonchev–Trinajstić information content (AvgIpc) is 3.13. The number of ether oxygens (including phenoxy) is 1. The number of aromatic nitrogens is 2. The second kappa shape index (κ2) is 7.73. The van der Waals surface area contributed by atoms with Gasteiger partial charge in [-0.3, -0.25) is 9.88 Å². The number of piperidine rings is 1. The topological polar surface area (TPSA) is 29.8 Å². The molecule has 4 nitrogen and oxygen atoms in total. The van der Waals surface area contributed by atoms with Crippen LogP contribution in [0, 0.1) is 6.92 Å². The number of hydrogen-bond donors (Lipinski definition) is 0. The van der Waals surface area contributed by atoms with Crippen molar-refractivity contribution < 1.29 is 4.74 Å². The van der Waals surface area contributed by atoms with Crippen LogP contribution in [0.5, 0.6) is 5.75 Å². The first kappa shape index (κ1) is 18.1. The highest BCUT2D eigenvalue weighted by Crippen LogP contribution is 2.28. The molecule has 1 saturated heterocycles. The molecule has 4 heteroatoms. The lowest BCUT2D eigenvalue weighted by atomic mass is 9.93. The van der Waals surface area contributed by atoms with Crippen LogP contribution in [0.3, 0.4) is 0 Å². The van der Waals surface area contributed by atoms with E-state index in [4.69, 9.17) is 9.72 Å². The molecule has 4 rings (SSSR count). The van der Waals surface area contributed by atoms with E-state index in [9.17, 15) is 0 Å². The molecule has 3 heterocycles. The van der Waals surface area contributed by atoms with Gasteiger partial charge in [-0.1, -0.05) is 12.1 Å². The molecule has 0 spiro atoms. The molecule has 0 saturated carbocycles. The first-order valence-corrected chi connectivity index (χ1v) is 10.0. The third kappa shape index (κ3) is 4.16. The fourth-order valence-corrected chi connectivity index (χ4v) is 4.02. The minimum atomic E-state index is 0.220. The number of fused-ring (bicyclic) bond motifs is 1. The normalized spacial score (nSPS) is 16.3. The van der Waals surface area contributed by atoms with Gasteiger partial charge in [-0.25, -0.2) is 0 Å². The van der Waals surface area contributed by atoms with Crippen molar-refractivity contribution in [3.8, 4) is 5.75 Å². The Morgan fingerprint density at radius 2 is 1.85 bits per heavy atom. The third-order valence-electron chi connectivity index (χ3n) is 5.42. The van der Waals surface area contributed by atoms with Crippen molar-refractivity contribution >= 4 is 5.52 Å². The second-order valence-corrected chi connectivity index (χ2v) is 7.91. The maximum atomic E-state index is 5.73. The summed E-state index contributed by atoms with van der Waals surface area (Å²) in [7, 11) is 0. The van der Waals surface area contributed by atoms with E-state index >= 15 is 0 Å². The Morgan fingerprint density at radius 3 is 2.56 bits per heavy atom. The van der Waals surface area contributed by atoms with E-state index in [-0.39, 0.29) is 6.10 Å². The van der Waals surface area contributed by atoms with E-state index < -0.39 is 0 Å². The molecule has 1 aliphatic rings. The van der Waals surface area contributed by atoms with Crippen LogP contribution < -0.4 is 4.74 Å². The van der Waals surface area contributed by atoms with Crippen molar-refractivity contribution in [3.63, 3.8) is 0 Å². The first-order valence-electron chi connectivity index (χ1n) is 10.0. The molecule has 0 atom stereocenters. The molecule has 1 aliphatic heterocycles. The van der Waals surface area contributed by atoms with Crippen molar-refractivity contribution in [3.05, 3.63) is 65.7 Å². The Morgan fingerprint density at radius 1 is 1.11 bits per heavy atom. The number of likely N-dealkylation sites (tertiary alicyclic amines) is 1. The summed E-state index contributed by atoms with van der Waals surface area (Å²) < 4.78 is 7.95. The SMILES string of the molecule is Cc1nc(C2CCN(Cc3ccc(OC(C)C)cc3)CC2)cn2cccc12. The number of rotatable bonds is 5. The zero-order chi connectivity index (χ0) is 18.8. The molecule has 0 aliphatic carbocycles. The van der Waals surface area contributed by atoms with Crippen LogP contribution in [-0.4, -0.2) is 33.5 Å².